The van der Waals surface area contributed by atoms with Crippen LogP contribution in [-0.2, 0) is 14.3 Å². The summed E-state index contributed by atoms with van der Waals surface area (Å²) in [6.45, 7) is 0.183. The van der Waals surface area contributed by atoms with Crippen molar-refractivity contribution < 1.29 is 34.4 Å². The molecular weight excluding hydrogens is 244 g/mol. The molecule has 1 aromatic rings. The second-order valence-corrected chi connectivity index (χ2v) is 3.71. The number of ether oxygens (including phenoxy) is 2. The highest BCUT2D eigenvalue weighted by Crippen LogP contribution is 2.35. The molecule has 0 radical (unpaired) electrons. The number of benzene rings is 1. The molecule has 96 valence electrons. The van der Waals surface area contributed by atoms with Gasteiger partial charge in [0.25, 0.3) is 0 Å². The number of phenols is 3. The van der Waals surface area contributed by atoms with E-state index in [1.165, 1.54) is 0 Å². The normalized spacial score (nSPS) is 18.4. The van der Waals surface area contributed by atoms with Gasteiger partial charge in [0.2, 0.25) is 6.10 Å². The van der Waals surface area contributed by atoms with E-state index in [4.69, 9.17) is 9.84 Å². The lowest BCUT2D eigenvalue weighted by Crippen LogP contribution is -2.22. The summed E-state index contributed by atoms with van der Waals surface area (Å²) in [4.78, 5) is 22.7. The molecule has 7 heteroatoms. The number of cyclic esters (lactones) is 1. The molecule has 1 unspecified atom stereocenters. The molecule has 1 aliphatic rings. The Kier molecular flexibility index (Phi) is 2.97. The Morgan fingerprint density at radius 3 is 2.39 bits per heavy atom. The average Bonchev–Trinajstić information content (AvgIpc) is 2.71. The van der Waals surface area contributed by atoms with Crippen molar-refractivity contribution in [1.29, 1.82) is 0 Å². The lowest BCUT2D eigenvalue weighted by atomic mass is 10.2. The summed E-state index contributed by atoms with van der Waals surface area (Å²) < 4.78 is 9.46. The Labute approximate surface area is 101 Å². The zero-order valence-corrected chi connectivity index (χ0v) is 9.12. The Balaban J connectivity index is 2.16. The number of hydrogen-bond donors (Lipinski definition) is 3. The third-order valence-corrected chi connectivity index (χ3v) is 2.44. The number of carbonyl (C=O) groups is 2. The highest BCUT2D eigenvalue weighted by atomic mass is 16.6. The predicted molar refractivity (Wildman–Crippen MR) is 56.2 cm³/mol. The maximum absolute atomic E-state index is 11.6. The quantitative estimate of drug-likeness (QED) is 0.513. The fourth-order valence-electron chi connectivity index (χ4n) is 1.50. The van der Waals surface area contributed by atoms with Gasteiger partial charge in [-0.05, 0) is 12.1 Å². The maximum Gasteiger partial charge on any atom is 0.347 e. The van der Waals surface area contributed by atoms with Crippen LogP contribution >= 0.6 is 0 Å². The third kappa shape index (κ3) is 2.15. The molecule has 1 heterocycles. The van der Waals surface area contributed by atoms with Crippen LogP contribution in [0.15, 0.2) is 12.1 Å². The second-order valence-electron chi connectivity index (χ2n) is 3.71. The highest BCUT2D eigenvalue weighted by Gasteiger charge is 2.30. The minimum Gasteiger partial charge on any atom is -0.504 e. The molecule has 3 N–H and O–H groups in total. The molecule has 1 saturated heterocycles. The molecule has 0 aliphatic carbocycles. The zero-order chi connectivity index (χ0) is 13.3. The van der Waals surface area contributed by atoms with Gasteiger partial charge in [-0.3, -0.25) is 0 Å². The monoisotopic (exact) mass is 254 g/mol. The van der Waals surface area contributed by atoms with Gasteiger partial charge in [-0.25, -0.2) is 9.59 Å². The fraction of sp³-hybridized carbons (Fsp3) is 0.273. The van der Waals surface area contributed by atoms with Crippen molar-refractivity contribution >= 4 is 11.9 Å². The molecule has 0 spiro atoms. The Hall–Kier alpha value is -2.44. The number of esters is 2. The van der Waals surface area contributed by atoms with Crippen molar-refractivity contribution in [2.75, 3.05) is 6.61 Å². The Bertz CT molecular complexity index is 485. The summed E-state index contributed by atoms with van der Waals surface area (Å²) >= 11 is 0. The van der Waals surface area contributed by atoms with Gasteiger partial charge in [-0.15, -0.1) is 0 Å². The van der Waals surface area contributed by atoms with E-state index in [1.54, 1.807) is 0 Å². The number of hydrogen-bond acceptors (Lipinski definition) is 7. The second kappa shape index (κ2) is 4.44. The standard InChI is InChI=1S/C11H10O7/c12-6-3-5(4-7(13)9(6)14)10(15)18-8-1-2-17-11(8)16/h3-4,8,12-14H,1-2H2. The molecule has 0 bridgehead atoms. The third-order valence-electron chi connectivity index (χ3n) is 2.44. The van der Waals surface area contributed by atoms with Crippen LogP contribution in [0.3, 0.4) is 0 Å². The van der Waals surface area contributed by atoms with E-state index >= 15 is 0 Å². The summed E-state index contributed by atoms with van der Waals surface area (Å²) in [5.74, 6) is -3.57. The molecule has 1 aromatic carbocycles. The van der Waals surface area contributed by atoms with E-state index in [9.17, 15) is 19.8 Å². The number of aromatic hydroxyl groups is 3. The molecule has 0 saturated carbocycles. The highest BCUT2D eigenvalue weighted by molar-refractivity contribution is 5.93. The topological polar surface area (TPSA) is 113 Å². The number of phenolic OH excluding ortho intramolecular Hbond substituents is 3. The summed E-state index contributed by atoms with van der Waals surface area (Å²) in [6, 6.07) is 1.86. The van der Waals surface area contributed by atoms with Crippen LogP contribution in [0.25, 0.3) is 0 Å². The molecule has 1 aliphatic heterocycles. The molecular formula is C11H10O7. The van der Waals surface area contributed by atoms with Crippen LogP contribution in [-0.4, -0.2) is 40.0 Å². The van der Waals surface area contributed by atoms with Gasteiger partial charge >= 0.3 is 11.9 Å². The van der Waals surface area contributed by atoms with Gasteiger partial charge in [-0.2, -0.15) is 0 Å². The van der Waals surface area contributed by atoms with Crippen LogP contribution in [0.4, 0.5) is 0 Å². The number of rotatable bonds is 2. The van der Waals surface area contributed by atoms with Crippen LogP contribution in [0.1, 0.15) is 16.8 Å². The van der Waals surface area contributed by atoms with Gasteiger partial charge in [0.15, 0.2) is 17.2 Å². The molecule has 0 amide bonds. The summed E-state index contributed by atoms with van der Waals surface area (Å²) in [7, 11) is 0. The zero-order valence-electron chi connectivity index (χ0n) is 9.12. The van der Waals surface area contributed by atoms with Gasteiger partial charge in [0, 0.05) is 6.42 Å². The molecule has 2 rings (SSSR count). The molecule has 7 nitrogen and oxygen atoms in total. The van der Waals surface area contributed by atoms with Gasteiger partial charge in [0.1, 0.15) is 0 Å². The molecule has 1 fully saturated rings. The lowest BCUT2D eigenvalue weighted by molar-refractivity contribution is -0.145. The fourth-order valence-corrected chi connectivity index (χ4v) is 1.50. The molecule has 18 heavy (non-hydrogen) atoms. The van der Waals surface area contributed by atoms with Crippen LogP contribution in [0, 0.1) is 0 Å². The predicted octanol–water partition coefficient (Wildman–Crippen LogP) is 0.276. The smallest absolute Gasteiger partial charge is 0.347 e. The largest absolute Gasteiger partial charge is 0.504 e. The first-order chi connectivity index (χ1) is 8.49. The lowest BCUT2D eigenvalue weighted by Gasteiger charge is -2.09. The van der Waals surface area contributed by atoms with E-state index in [2.05, 4.69) is 4.74 Å². The van der Waals surface area contributed by atoms with E-state index < -0.39 is 35.3 Å². The van der Waals surface area contributed by atoms with Crippen molar-refractivity contribution in [3.05, 3.63) is 17.7 Å². The average molecular weight is 254 g/mol. The van der Waals surface area contributed by atoms with E-state index in [0.717, 1.165) is 12.1 Å². The minimum absolute atomic E-state index is 0.178. The first-order valence-corrected chi connectivity index (χ1v) is 5.11. The van der Waals surface area contributed by atoms with Gasteiger partial charge in [-0.1, -0.05) is 0 Å². The number of carbonyl (C=O) groups excluding carboxylic acids is 2. The Morgan fingerprint density at radius 2 is 1.89 bits per heavy atom. The van der Waals surface area contributed by atoms with Crippen molar-refractivity contribution in [3.8, 4) is 17.2 Å². The van der Waals surface area contributed by atoms with Crippen LogP contribution < -0.4 is 0 Å². The first kappa shape index (κ1) is 12.0. The van der Waals surface area contributed by atoms with Gasteiger partial charge < -0.3 is 24.8 Å². The summed E-state index contributed by atoms with van der Waals surface area (Å²) in [5, 5.41) is 27.6. The van der Waals surface area contributed by atoms with Crippen molar-refractivity contribution in [2.45, 2.75) is 12.5 Å². The van der Waals surface area contributed by atoms with Crippen LogP contribution in [0.5, 0.6) is 17.2 Å². The van der Waals surface area contributed by atoms with E-state index in [0.29, 0.717) is 0 Å². The minimum atomic E-state index is -0.976. The van der Waals surface area contributed by atoms with E-state index in [1.807, 2.05) is 0 Å². The van der Waals surface area contributed by atoms with Crippen molar-refractivity contribution in [2.24, 2.45) is 0 Å². The van der Waals surface area contributed by atoms with Crippen molar-refractivity contribution in [1.82, 2.24) is 0 Å². The first-order valence-electron chi connectivity index (χ1n) is 5.11. The molecule has 1 atom stereocenters. The molecule has 0 aromatic heterocycles. The summed E-state index contributed by atoms with van der Waals surface area (Å²) in [5.41, 5.74) is -0.178. The maximum atomic E-state index is 11.6. The van der Waals surface area contributed by atoms with Crippen LogP contribution in [0.2, 0.25) is 0 Å². The Morgan fingerprint density at radius 1 is 1.28 bits per heavy atom. The van der Waals surface area contributed by atoms with E-state index in [-0.39, 0.29) is 18.6 Å². The summed E-state index contributed by atoms with van der Waals surface area (Å²) in [6.07, 6.45) is -0.712. The van der Waals surface area contributed by atoms with Crippen molar-refractivity contribution in [3.63, 3.8) is 0 Å². The SMILES string of the molecule is O=C(OC1CCOC1=O)c1cc(O)c(O)c(O)c1. The van der Waals surface area contributed by atoms with Gasteiger partial charge in [0.05, 0.1) is 12.2 Å².